The van der Waals surface area contributed by atoms with Crippen molar-refractivity contribution in [3.8, 4) is 5.69 Å². The van der Waals surface area contributed by atoms with Crippen LogP contribution in [-0.2, 0) is 6.42 Å². The van der Waals surface area contributed by atoms with Crippen molar-refractivity contribution >= 4 is 29.9 Å². The Labute approximate surface area is 210 Å². The number of hydrogen-bond donors (Lipinski definition) is 3. The Morgan fingerprint density at radius 1 is 1.16 bits per heavy atom. The second-order valence-corrected chi connectivity index (χ2v) is 8.78. The minimum absolute atomic E-state index is 0. The topological polar surface area (TPSA) is 74.5 Å². The molecule has 0 atom stereocenters. The zero-order chi connectivity index (χ0) is 21.9. The summed E-state index contributed by atoms with van der Waals surface area (Å²) in [5.41, 5.74) is 3.65. The predicted molar refractivity (Wildman–Crippen MR) is 143 cm³/mol. The van der Waals surface area contributed by atoms with Crippen LogP contribution >= 0.6 is 24.0 Å². The molecule has 1 aromatic heterocycles. The standard InChI is InChI=1S/C25H39N5O.HI/c1-3-26-24(28-20-25(16-18-31)14-8-5-9-15-25)27-17-10-11-22-19-30(29-21(22)2)23-12-6-4-7-13-23;/h4,6-7,12-13,19,31H,3,5,8-11,14-18,20H2,1-2H3,(H2,26,27,28);1H. The van der Waals surface area contributed by atoms with Gasteiger partial charge in [0.05, 0.1) is 11.4 Å². The summed E-state index contributed by atoms with van der Waals surface area (Å²) in [4.78, 5) is 4.90. The number of aromatic nitrogens is 2. The van der Waals surface area contributed by atoms with Crippen molar-refractivity contribution in [2.45, 2.75) is 65.2 Å². The first-order chi connectivity index (χ1) is 15.2. The van der Waals surface area contributed by atoms with Crippen molar-refractivity contribution in [2.24, 2.45) is 10.4 Å². The molecule has 0 amide bonds. The highest BCUT2D eigenvalue weighted by Gasteiger charge is 2.31. The molecule has 7 heteroatoms. The van der Waals surface area contributed by atoms with Crippen LogP contribution in [0.15, 0.2) is 41.5 Å². The predicted octanol–water partition coefficient (Wildman–Crippen LogP) is 4.62. The number of hydrogen-bond acceptors (Lipinski definition) is 3. The number of benzene rings is 1. The van der Waals surface area contributed by atoms with Crippen LogP contribution in [0.5, 0.6) is 0 Å². The molecule has 0 radical (unpaired) electrons. The number of rotatable bonds is 10. The molecule has 3 N–H and O–H groups in total. The Morgan fingerprint density at radius 3 is 2.59 bits per heavy atom. The highest BCUT2D eigenvalue weighted by molar-refractivity contribution is 14.0. The van der Waals surface area contributed by atoms with Gasteiger partial charge >= 0.3 is 0 Å². The van der Waals surface area contributed by atoms with Crippen molar-refractivity contribution in [3.05, 3.63) is 47.8 Å². The van der Waals surface area contributed by atoms with Crippen molar-refractivity contribution in [1.82, 2.24) is 20.4 Å². The van der Waals surface area contributed by atoms with Crippen LogP contribution in [0.3, 0.4) is 0 Å². The number of nitrogens with one attached hydrogen (secondary N) is 2. The maximum Gasteiger partial charge on any atom is 0.191 e. The van der Waals surface area contributed by atoms with Crippen molar-refractivity contribution in [3.63, 3.8) is 0 Å². The summed E-state index contributed by atoms with van der Waals surface area (Å²) >= 11 is 0. The lowest BCUT2D eigenvalue weighted by atomic mass is 9.72. The third-order valence-electron chi connectivity index (χ3n) is 6.41. The Bertz CT molecular complexity index is 809. The molecule has 0 unspecified atom stereocenters. The van der Waals surface area contributed by atoms with Crippen molar-refractivity contribution in [2.75, 3.05) is 26.2 Å². The minimum Gasteiger partial charge on any atom is -0.396 e. The largest absolute Gasteiger partial charge is 0.396 e. The van der Waals surface area contributed by atoms with Crippen LogP contribution in [-0.4, -0.2) is 47.1 Å². The van der Waals surface area contributed by atoms with Crippen molar-refractivity contribution in [1.29, 1.82) is 0 Å². The van der Waals surface area contributed by atoms with E-state index in [1.54, 1.807) is 0 Å². The van der Waals surface area contributed by atoms with Gasteiger partial charge in [-0.05, 0) is 69.1 Å². The van der Waals surface area contributed by atoms with Gasteiger partial charge in [0, 0.05) is 32.4 Å². The summed E-state index contributed by atoms with van der Waals surface area (Å²) in [5.74, 6) is 0.891. The van der Waals surface area contributed by atoms with E-state index in [2.05, 4.69) is 47.9 Å². The van der Waals surface area contributed by atoms with E-state index < -0.39 is 0 Å². The number of aliphatic hydroxyl groups is 1. The molecule has 1 saturated carbocycles. The summed E-state index contributed by atoms with van der Waals surface area (Å²) < 4.78 is 1.97. The van der Waals surface area contributed by atoms with Crippen LogP contribution in [0.1, 0.15) is 63.1 Å². The summed E-state index contributed by atoms with van der Waals surface area (Å²) in [6.45, 7) is 6.96. The van der Waals surface area contributed by atoms with Crippen LogP contribution in [0, 0.1) is 12.3 Å². The van der Waals surface area contributed by atoms with E-state index >= 15 is 0 Å². The Balaban J connectivity index is 0.00000363. The lowest BCUT2D eigenvalue weighted by Crippen LogP contribution is -2.39. The van der Waals surface area contributed by atoms with E-state index in [-0.39, 0.29) is 36.0 Å². The highest BCUT2D eigenvalue weighted by atomic mass is 127. The fourth-order valence-corrected chi connectivity index (χ4v) is 4.55. The fraction of sp³-hybridized carbons (Fsp3) is 0.600. The van der Waals surface area contributed by atoms with Gasteiger partial charge in [0.15, 0.2) is 5.96 Å². The number of aliphatic hydroxyl groups excluding tert-OH is 1. The van der Waals surface area contributed by atoms with Crippen molar-refractivity contribution < 1.29 is 5.11 Å². The number of guanidine groups is 1. The molecule has 1 aromatic carbocycles. The third kappa shape index (κ3) is 7.76. The lowest BCUT2D eigenvalue weighted by molar-refractivity contribution is 0.137. The van der Waals surface area contributed by atoms with E-state index in [4.69, 9.17) is 4.99 Å². The molecule has 1 aliphatic rings. The van der Waals surface area contributed by atoms with E-state index in [1.807, 2.05) is 22.9 Å². The molecule has 1 fully saturated rings. The van der Waals surface area contributed by atoms with E-state index in [1.165, 1.54) is 37.7 Å². The second kappa shape index (κ2) is 13.8. The summed E-state index contributed by atoms with van der Waals surface area (Å²) in [5, 5.41) is 21.1. The molecule has 178 valence electrons. The minimum atomic E-state index is 0. The van der Waals surface area contributed by atoms with Gasteiger partial charge < -0.3 is 15.7 Å². The highest BCUT2D eigenvalue weighted by Crippen LogP contribution is 2.39. The van der Waals surface area contributed by atoms with Crippen LogP contribution in [0.4, 0.5) is 0 Å². The van der Waals surface area contributed by atoms with Gasteiger partial charge in [0.1, 0.15) is 0 Å². The van der Waals surface area contributed by atoms with Gasteiger partial charge in [0.2, 0.25) is 0 Å². The maximum absolute atomic E-state index is 9.54. The third-order valence-corrected chi connectivity index (χ3v) is 6.41. The molecule has 0 aliphatic heterocycles. The van der Waals surface area contributed by atoms with Gasteiger partial charge in [-0.2, -0.15) is 5.10 Å². The average molecular weight is 554 g/mol. The molecule has 3 rings (SSSR count). The molecular formula is C25H40IN5O. The van der Waals surface area contributed by atoms with Gasteiger partial charge in [0.25, 0.3) is 0 Å². The molecule has 0 spiro atoms. The monoisotopic (exact) mass is 553 g/mol. The lowest BCUT2D eigenvalue weighted by Gasteiger charge is -2.35. The molecule has 32 heavy (non-hydrogen) atoms. The van der Waals surface area contributed by atoms with E-state index in [0.717, 1.165) is 56.2 Å². The zero-order valence-electron chi connectivity index (χ0n) is 19.6. The quantitative estimate of drug-likeness (QED) is 0.174. The van der Waals surface area contributed by atoms with Gasteiger partial charge in [-0.15, -0.1) is 24.0 Å². The first kappa shape index (κ1) is 26.6. The molecule has 0 bridgehead atoms. The molecule has 2 aromatic rings. The normalized spacial score (nSPS) is 15.8. The van der Waals surface area contributed by atoms with Gasteiger partial charge in [-0.25, -0.2) is 4.68 Å². The second-order valence-electron chi connectivity index (χ2n) is 8.78. The smallest absolute Gasteiger partial charge is 0.191 e. The molecule has 1 aliphatic carbocycles. The number of para-hydroxylation sites is 1. The molecule has 6 nitrogen and oxygen atoms in total. The summed E-state index contributed by atoms with van der Waals surface area (Å²) in [6.07, 6.45) is 11.2. The Kier molecular flexibility index (Phi) is 11.5. The fourth-order valence-electron chi connectivity index (χ4n) is 4.55. The molecule has 1 heterocycles. The number of halogens is 1. The number of aryl methyl sites for hydroxylation is 2. The van der Waals surface area contributed by atoms with E-state index in [0.29, 0.717) is 0 Å². The zero-order valence-corrected chi connectivity index (χ0v) is 22.0. The SMILES string of the molecule is CCNC(=NCC1(CCO)CCCCC1)NCCCc1cn(-c2ccccc2)nc1C.I. The van der Waals surface area contributed by atoms with Crippen LogP contribution < -0.4 is 10.6 Å². The van der Waals surface area contributed by atoms with E-state index in [9.17, 15) is 5.11 Å². The summed E-state index contributed by atoms with van der Waals surface area (Å²) in [6, 6.07) is 10.3. The Hall–Kier alpha value is -1.61. The van der Waals surface area contributed by atoms with Crippen LogP contribution in [0.25, 0.3) is 5.69 Å². The maximum atomic E-state index is 9.54. The Morgan fingerprint density at radius 2 is 1.91 bits per heavy atom. The van der Waals surface area contributed by atoms with Crippen LogP contribution in [0.2, 0.25) is 0 Å². The number of nitrogens with zero attached hydrogens (tertiary/aromatic N) is 3. The first-order valence-electron chi connectivity index (χ1n) is 11.9. The van der Waals surface area contributed by atoms with Gasteiger partial charge in [-0.3, -0.25) is 4.99 Å². The first-order valence-corrected chi connectivity index (χ1v) is 11.9. The number of aliphatic imine (C=N–C) groups is 1. The average Bonchev–Trinajstić information content (AvgIpc) is 3.17. The molecular weight excluding hydrogens is 513 g/mol. The van der Waals surface area contributed by atoms with Gasteiger partial charge in [-0.1, -0.05) is 37.5 Å². The summed E-state index contributed by atoms with van der Waals surface area (Å²) in [7, 11) is 0. The molecule has 0 saturated heterocycles.